The van der Waals surface area contributed by atoms with Crippen molar-refractivity contribution in [2.75, 3.05) is 19.6 Å². The van der Waals surface area contributed by atoms with Crippen LogP contribution in [0.5, 0.6) is 0 Å². The number of hydrogen-bond acceptors (Lipinski definition) is 6. The van der Waals surface area contributed by atoms with E-state index in [0.29, 0.717) is 13.0 Å². The van der Waals surface area contributed by atoms with E-state index < -0.39 is 6.10 Å². The number of piperidine rings is 1. The van der Waals surface area contributed by atoms with Gasteiger partial charge in [0, 0.05) is 25.6 Å². The molecule has 2 aliphatic heterocycles. The van der Waals surface area contributed by atoms with Crippen molar-refractivity contribution in [3.63, 3.8) is 0 Å². The van der Waals surface area contributed by atoms with Gasteiger partial charge in [-0.25, -0.2) is 0 Å². The average molecular weight is 328 g/mol. The van der Waals surface area contributed by atoms with E-state index in [1.807, 2.05) is 11.8 Å². The second-order valence-corrected chi connectivity index (χ2v) is 5.44. The Kier molecular flexibility index (Phi) is 8.03. The van der Waals surface area contributed by atoms with Gasteiger partial charge < -0.3 is 21.0 Å². The third-order valence-electron chi connectivity index (χ3n) is 3.74. The monoisotopic (exact) mass is 328 g/mol. The first-order valence-electron chi connectivity index (χ1n) is 7.60. The summed E-state index contributed by atoms with van der Waals surface area (Å²) in [7, 11) is 0. The van der Waals surface area contributed by atoms with E-state index in [4.69, 9.17) is 20.5 Å². The summed E-state index contributed by atoms with van der Waals surface area (Å²) < 4.78 is 0. The first kappa shape index (κ1) is 18.9. The average Bonchev–Trinajstić information content (AvgIpc) is 2.99. The Morgan fingerprint density at radius 1 is 1.48 bits per heavy atom. The largest absolute Gasteiger partial charge is 0.483 e. The van der Waals surface area contributed by atoms with Gasteiger partial charge in [0.2, 0.25) is 12.0 Å². The summed E-state index contributed by atoms with van der Waals surface area (Å²) in [6.07, 6.45) is 2.58. The Bertz CT molecular complexity index is 446. The number of carbonyl (C=O) groups excluding carboxylic acids is 2. The van der Waals surface area contributed by atoms with Gasteiger partial charge in [-0.05, 0) is 19.3 Å². The van der Waals surface area contributed by atoms with E-state index in [9.17, 15) is 9.59 Å². The van der Waals surface area contributed by atoms with Gasteiger partial charge in [0.05, 0.1) is 12.3 Å². The molecule has 9 nitrogen and oxygen atoms in total. The minimum atomic E-state index is -0.478. The lowest BCUT2D eigenvalue weighted by Gasteiger charge is -2.31. The summed E-state index contributed by atoms with van der Waals surface area (Å²) in [5.41, 5.74) is 6.10. The van der Waals surface area contributed by atoms with Crippen molar-refractivity contribution in [3.05, 3.63) is 0 Å². The van der Waals surface area contributed by atoms with Gasteiger partial charge in [-0.3, -0.25) is 19.3 Å². The number of rotatable bonds is 5. The molecule has 0 bridgehead atoms. The fraction of sp³-hybridized carbons (Fsp3) is 0.714. The number of nitrogens with two attached hydrogens (primary N) is 1. The molecule has 1 unspecified atom stereocenters. The first-order valence-corrected chi connectivity index (χ1v) is 7.60. The van der Waals surface area contributed by atoms with Gasteiger partial charge >= 0.3 is 0 Å². The molecular weight excluding hydrogens is 304 g/mol. The molecule has 0 saturated carbocycles. The number of amides is 2. The Balaban J connectivity index is 0.000000816. The molecule has 23 heavy (non-hydrogen) atoms. The van der Waals surface area contributed by atoms with Crippen LogP contribution in [-0.2, 0) is 19.2 Å². The summed E-state index contributed by atoms with van der Waals surface area (Å²) >= 11 is 0. The molecule has 1 fully saturated rings. The summed E-state index contributed by atoms with van der Waals surface area (Å²) in [4.78, 5) is 38.4. The topological polar surface area (TPSA) is 134 Å². The molecule has 1 saturated heterocycles. The van der Waals surface area contributed by atoms with Crippen molar-refractivity contribution in [1.82, 2.24) is 10.2 Å². The van der Waals surface area contributed by atoms with E-state index in [0.717, 1.165) is 38.1 Å². The number of oxime groups is 1. The molecule has 2 amide bonds. The number of carboxylic acid groups (broad SMARTS) is 1. The van der Waals surface area contributed by atoms with Crippen molar-refractivity contribution in [2.24, 2.45) is 10.9 Å². The Morgan fingerprint density at radius 3 is 2.57 bits per heavy atom. The van der Waals surface area contributed by atoms with Crippen LogP contribution in [-0.4, -0.2) is 65.8 Å². The van der Waals surface area contributed by atoms with Crippen LogP contribution < -0.4 is 11.1 Å². The van der Waals surface area contributed by atoms with Crippen LogP contribution in [0.4, 0.5) is 0 Å². The van der Waals surface area contributed by atoms with E-state index in [-0.39, 0.29) is 24.3 Å². The highest BCUT2D eigenvalue weighted by molar-refractivity contribution is 5.92. The smallest absolute Gasteiger partial charge is 0.290 e. The Labute approximate surface area is 134 Å². The van der Waals surface area contributed by atoms with Crippen LogP contribution in [0, 0.1) is 0 Å². The van der Waals surface area contributed by atoms with Crippen LogP contribution in [0.15, 0.2) is 5.16 Å². The lowest BCUT2D eigenvalue weighted by molar-refractivity contribution is -0.132. The molecule has 0 spiro atoms. The minimum absolute atomic E-state index is 0.0921. The standard InChI is InChI=1S/C13H22N4O3.CH2O2/c1-2-9-7-11(20-16-9)13(19)15-10-3-5-17(6-4-10)8-12(14)18;2-1-3/h10-11H,2-8H2,1H3,(H2,14,18)(H,15,19);1H,(H,2,3). The summed E-state index contributed by atoms with van der Waals surface area (Å²) in [5, 5.41) is 13.8. The predicted molar refractivity (Wildman–Crippen MR) is 82.7 cm³/mol. The van der Waals surface area contributed by atoms with Gasteiger partial charge in [0.1, 0.15) is 0 Å². The van der Waals surface area contributed by atoms with E-state index >= 15 is 0 Å². The van der Waals surface area contributed by atoms with Gasteiger partial charge in [-0.2, -0.15) is 0 Å². The third-order valence-corrected chi connectivity index (χ3v) is 3.74. The fourth-order valence-electron chi connectivity index (χ4n) is 2.53. The predicted octanol–water partition coefficient (Wildman–Crippen LogP) is -0.692. The molecule has 9 heteroatoms. The minimum Gasteiger partial charge on any atom is -0.483 e. The molecular formula is C14H24N4O5. The zero-order valence-corrected chi connectivity index (χ0v) is 13.2. The van der Waals surface area contributed by atoms with E-state index in [1.54, 1.807) is 0 Å². The highest BCUT2D eigenvalue weighted by Crippen LogP contribution is 2.15. The summed E-state index contributed by atoms with van der Waals surface area (Å²) in [6.45, 7) is 3.59. The number of likely N-dealkylation sites (tertiary alicyclic amines) is 1. The molecule has 0 radical (unpaired) electrons. The molecule has 1 atom stereocenters. The van der Waals surface area contributed by atoms with Crippen molar-refractivity contribution in [2.45, 2.75) is 44.8 Å². The van der Waals surface area contributed by atoms with E-state index in [1.165, 1.54) is 0 Å². The molecule has 0 aromatic heterocycles. The van der Waals surface area contributed by atoms with E-state index in [2.05, 4.69) is 10.5 Å². The fourth-order valence-corrected chi connectivity index (χ4v) is 2.53. The van der Waals surface area contributed by atoms with Crippen LogP contribution in [0.2, 0.25) is 0 Å². The first-order chi connectivity index (χ1) is 11.0. The highest BCUT2D eigenvalue weighted by Gasteiger charge is 2.30. The second-order valence-electron chi connectivity index (χ2n) is 5.44. The van der Waals surface area contributed by atoms with Crippen LogP contribution in [0.25, 0.3) is 0 Å². The summed E-state index contributed by atoms with van der Waals surface area (Å²) in [6, 6.07) is 0.140. The van der Waals surface area contributed by atoms with Crippen molar-refractivity contribution >= 4 is 24.0 Å². The van der Waals surface area contributed by atoms with Gasteiger partial charge in [0.15, 0.2) is 0 Å². The van der Waals surface area contributed by atoms with Gasteiger partial charge in [-0.15, -0.1) is 0 Å². The van der Waals surface area contributed by atoms with Crippen molar-refractivity contribution in [1.29, 1.82) is 0 Å². The third kappa shape index (κ3) is 6.64. The van der Waals surface area contributed by atoms with Crippen LogP contribution >= 0.6 is 0 Å². The molecule has 0 aromatic rings. The molecule has 2 aliphatic rings. The Hall–Kier alpha value is -2.16. The maximum atomic E-state index is 12.0. The lowest BCUT2D eigenvalue weighted by Crippen LogP contribution is -2.48. The lowest BCUT2D eigenvalue weighted by atomic mass is 10.0. The number of hydrogen-bond donors (Lipinski definition) is 3. The SMILES string of the molecule is CCC1=NOC(C(=O)NC2CCN(CC(N)=O)CC2)C1.O=CO. The highest BCUT2D eigenvalue weighted by atomic mass is 16.6. The number of nitrogens with zero attached hydrogens (tertiary/aromatic N) is 2. The maximum absolute atomic E-state index is 12.0. The van der Waals surface area contributed by atoms with Crippen molar-refractivity contribution < 1.29 is 24.3 Å². The van der Waals surface area contributed by atoms with Crippen LogP contribution in [0.1, 0.15) is 32.6 Å². The number of carbonyl (C=O) groups is 3. The van der Waals surface area contributed by atoms with Gasteiger partial charge in [-0.1, -0.05) is 12.1 Å². The number of nitrogens with one attached hydrogen (secondary N) is 1. The zero-order chi connectivity index (χ0) is 17.2. The molecule has 2 heterocycles. The van der Waals surface area contributed by atoms with Crippen molar-refractivity contribution in [3.8, 4) is 0 Å². The second kappa shape index (κ2) is 9.78. The zero-order valence-electron chi connectivity index (χ0n) is 13.2. The Morgan fingerprint density at radius 2 is 2.09 bits per heavy atom. The maximum Gasteiger partial charge on any atom is 0.290 e. The van der Waals surface area contributed by atoms with Gasteiger partial charge in [0.25, 0.3) is 12.4 Å². The normalized spacial score (nSPS) is 21.4. The molecule has 0 aliphatic carbocycles. The quantitative estimate of drug-likeness (QED) is 0.572. The van der Waals surface area contributed by atoms with Crippen LogP contribution in [0.3, 0.4) is 0 Å². The molecule has 0 aromatic carbocycles. The summed E-state index contributed by atoms with van der Waals surface area (Å²) in [5.74, 6) is -0.401. The molecule has 4 N–H and O–H groups in total. The number of primary amides is 1. The molecule has 130 valence electrons. The molecule has 2 rings (SSSR count).